The van der Waals surface area contributed by atoms with Gasteiger partial charge in [-0.3, -0.25) is 0 Å². The summed E-state index contributed by atoms with van der Waals surface area (Å²) in [5.74, 6) is -0.429. The number of halogens is 1. The zero-order chi connectivity index (χ0) is 21.0. The van der Waals surface area contributed by atoms with Gasteiger partial charge >= 0.3 is 5.97 Å². The van der Waals surface area contributed by atoms with Gasteiger partial charge < -0.3 is 4.74 Å². The summed E-state index contributed by atoms with van der Waals surface area (Å²) in [6.45, 7) is 3.84. The lowest BCUT2D eigenvalue weighted by Gasteiger charge is -2.27. The van der Waals surface area contributed by atoms with Gasteiger partial charge in [-0.15, -0.1) is 0 Å². The molecule has 0 saturated heterocycles. The Hall–Kier alpha value is -2.41. The van der Waals surface area contributed by atoms with Crippen LogP contribution in [-0.2, 0) is 32.4 Å². The van der Waals surface area contributed by atoms with E-state index in [2.05, 4.69) is 16.0 Å². The predicted molar refractivity (Wildman–Crippen MR) is 115 cm³/mol. The lowest BCUT2D eigenvalue weighted by atomic mass is 9.83. The van der Waals surface area contributed by atoms with E-state index >= 15 is 0 Å². The Balaban J connectivity index is 1.84. The molecule has 0 heterocycles. The van der Waals surface area contributed by atoms with E-state index in [0.717, 1.165) is 22.3 Å². The van der Waals surface area contributed by atoms with Gasteiger partial charge in [-0.1, -0.05) is 36.4 Å². The third-order valence-electron chi connectivity index (χ3n) is 4.95. The third-order valence-corrected chi connectivity index (χ3v) is 6.74. The van der Waals surface area contributed by atoms with Crippen LogP contribution in [-0.4, -0.2) is 27.5 Å². The summed E-state index contributed by atoms with van der Waals surface area (Å²) in [6, 6.07) is 9.81. The average molecular weight is 432 g/mol. The largest absolute Gasteiger partial charge is 0.466 e. The highest BCUT2D eigenvalue weighted by Crippen LogP contribution is 2.30. The van der Waals surface area contributed by atoms with Crippen LogP contribution in [0.1, 0.15) is 28.7 Å². The lowest BCUT2D eigenvalue weighted by molar-refractivity contribution is -0.134. The molecule has 1 unspecified atom stereocenters. The molecule has 0 bridgehead atoms. The van der Waals surface area contributed by atoms with Gasteiger partial charge in [0.05, 0.1) is 12.0 Å². The molecule has 7 heteroatoms. The van der Waals surface area contributed by atoms with Crippen molar-refractivity contribution < 1.29 is 17.9 Å². The van der Waals surface area contributed by atoms with Crippen LogP contribution < -0.4 is 4.72 Å². The van der Waals surface area contributed by atoms with Crippen LogP contribution >= 0.6 is 11.6 Å². The van der Waals surface area contributed by atoms with E-state index in [1.807, 2.05) is 12.1 Å². The molecule has 0 aromatic heterocycles. The molecule has 1 aliphatic rings. The number of fused-ring (bicyclic) bond motifs is 1. The Morgan fingerprint density at radius 1 is 1.24 bits per heavy atom. The maximum Gasteiger partial charge on any atom is 0.330 e. The summed E-state index contributed by atoms with van der Waals surface area (Å²) in [4.78, 5) is 11.7. The van der Waals surface area contributed by atoms with E-state index in [4.69, 9.17) is 11.6 Å². The zero-order valence-electron chi connectivity index (χ0n) is 16.0. The molecule has 3 rings (SSSR count). The van der Waals surface area contributed by atoms with Crippen LogP contribution in [0, 0.1) is 0 Å². The van der Waals surface area contributed by atoms with E-state index in [0.29, 0.717) is 24.3 Å². The van der Waals surface area contributed by atoms with Gasteiger partial charge in [-0.25, -0.2) is 17.9 Å². The van der Waals surface area contributed by atoms with Crippen molar-refractivity contribution in [2.75, 3.05) is 7.11 Å². The van der Waals surface area contributed by atoms with Gasteiger partial charge in [-0.05, 0) is 71.9 Å². The highest BCUT2D eigenvalue weighted by Gasteiger charge is 2.26. The smallest absolute Gasteiger partial charge is 0.330 e. The molecule has 0 amide bonds. The van der Waals surface area contributed by atoms with Crippen LogP contribution in [0.4, 0.5) is 0 Å². The fraction of sp³-hybridized carbons (Fsp3) is 0.227. The van der Waals surface area contributed by atoms with E-state index in [-0.39, 0.29) is 10.9 Å². The van der Waals surface area contributed by atoms with Gasteiger partial charge in [-0.2, -0.15) is 0 Å². The van der Waals surface area contributed by atoms with Crippen molar-refractivity contribution in [1.29, 1.82) is 0 Å². The van der Waals surface area contributed by atoms with Crippen LogP contribution in [0.25, 0.3) is 12.2 Å². The monoisotopic (exact) mass is 431 g/mol. The normalized spacial score (nSPS) is 16.4. The SMILES string of the molecule is C=Cc1ccc2c(c1C=CC(=O)OC)CCC(NS(=O)(=O)c1ccc(Cl)cc1)C2. The molecule has 1 atom stereocenters. The number of carbonyl (C=O) groups excluding carboxylic acids is 1. The molecule has 5 nitrogen and oxygen atoms in total. The molecule has 0 aliphatic heterocycles. The number of methoxy groups -OCH3 is 1. The van der Waals surface area contributed by atoms with Crippen molar-refractivity contribution in [3.05, 3.63) is 76.3 Å². The molecule has 0 fully saturated rings. The Labute approximate surface area is 176 Å². The van der Waals surface area contributed by atoms with Gasteiger partial charge in [0.1, 0.15) is 0 Å². The van der Waals surface area contributed by atoms with E-state index < -0.39 is 16.0 Å². The third kappa shape index (κ3) is 4.96. The summed E-state index contributed by atoms with van der Waals surface area (Å²) < 4.78 is 32.8. The van der Waals surface area contributed by atoms with Crippen molar-refractivity contribution in [3.63, 3.8) is 0 Å². The van der Waals surface area contributed by atoms with Crippen molar-refractivity contribution in [2.24, 2.45) is 0 Å². The van der Waals surface area contributed by atoms with E-state index in [1.165, 1.54) is 25.3 Å². The Kier molecular flexibility index (Phi) is 6.57. The number of esters is 1. The molecule has 1 N–H and O–H groups in total. The molecule has 1 aliphatic carbocycles. The molecule has 152 valence electrons. The van der Waals surface area contributed by atoms with Crippen LogP contribution in [0.3, 0.4) is 0 Å². The Morgan fingerprint density at radius 3 is 2.62 bits per heavy atom. The minimum absolute atomic E-state index is 0.191. The number of nitrogens with one attached hydrogen (secondary N) is 1. The molecule has 0 radical (unpaired) electrons. The second kappa shape index (κ2) is 8.95. The minimum Gasteiger partial charge on any atom is -0.466 e. The molecule has 2 aromatic carbocycles. The first-order valence-corrected chi connectivity index (χ1v) is 11.0. The molecular formula is C22H22ClNO4S. The van der Waals surface area contributed by atoms with Crippen LogP contribution in [0.2, 0.25) is 5.02 Å². The lowest BCUT2D eigenvalue weighted by Crippen LogP contribution is -2.39. The number of hydrogen-bond donors (Lipinski definition) is 1. The standard InChI is InChI=1S/C22H22ClNO4S/c1-3-15-4-5-16-14-18(8-11-21(16)20(15)12-13-22(25)28-2)24-29(26,27)19-9-6-17(23)7-10-19/h3-7,9-10,12-13,18,24H,1,8,11,14H2,2H3. The molecule has 2 aromatic rings. The second-order valence-electron chi connectivity index (χ2n) is 6.78. The fourth-order valence-corrected chi connectivity index (χ4v) is 4.89. The van der Waals surface area contributed by atoms with Crippen LogP contribution in [0.5, 0.6) is 0 Å². The van der Waals surface area contributed by atoms with Crippen molar-refractivity contribution in [1.82, 2.24) is 4.72 Å². The second-order valence-corrected chi connectivity index (χ2v) is 8.93. The number of sulfonamides is 1. The highest BCUT2D eigenvalue weighted by atomic mass is 35.5. The summed E-state index contributed by atoms with van der Waals surface area (Å²) in [7, 11) is -2.29. The average Bonchev–Trinajstić information content (AvgIpc) is 2.71. The van der Waals surface area contributed by atoms with E-state index in [1.54, 1.807) is 24.3 Å². The predicted octanol–water partition coefficient (Wildman–Crippen LogP) is 4.01. The Bertz CT molecular complexity index is 1060. The first-order chi connectivity index (χ1) is 13.8. The van der Waals surface area contributed by atoms with Gasteiger partial charge in [0, 0.05) is 17.1 Å². The summed E-state index contributed by atoms with van der Waals surface area (Å²) in [5, 5.41) is 0.487. The topological polar surface area (TPSA) is 72.5 Å². The Morgan fingerprint density at radius 2 is 1.97 bits per heavy atom. The van der Waals surface area contributed by atoms with Crippen molar-refractivity contribution >= 4 is 39.7 Å². The number of rotatable bonds is 6. The number of ether oxygens (including phenoxy) is 1. The fourth-order valence-electron chi connectivity index (χ4n) is 3.50. The number of benzene rings is 2. The first kappa shape index (κ1) is 21.3. The molecule has 0 saturated carbocycles. The summed E-state index contributed by atoms with van der Waals surface area (Å²) in [6.07, 6.45) is 6.77. The first-order valence-electron chi connectivity index (χ1n) is 9.15. The molecular weight excluding hydrogens is 410 g/mol. The summed E-state index contributed by atoms with van der Waals surface area (Å²) in [5.41, 5.74) is 3.99. The van der Waals surface area contributed by atoms with Gasteiger partial charge in [0.15, 0.2) is 0 Å². The summed E-state index contributed by atoms with van der Waals surface area (Å²) >= 11 is 5.85. The quantitative estimate of drug-likeness (QED) is 0.554. The molecule has 29 heavy (non-hydrogen) atoms. The maximum atomic E-state index is 12.7. The van der Waals surface area contributed by atoms with Crippen molar-refractivity contribution in [3.8, 4) is 0 Å². The van der Waals surface area contributed by atoms with E-state index in [9.17, 15) is 13.2 Å². The molecule has 0 spiro atoms. The zero-order valence-corrected chi connectivity index (χ0v) is 17.6. The van der Waals surface area contributed by atoms with Gasteiger partial charge in [0.25, 0.3) is 0 Å². The number of carbonyl (C=O) groups is 1. The van der Waals surface area contributed by atoms with Gasteiger partial charge in [0.2, 0.25) is 10.0 Å². The number of hydrogen-bond acceptors (Lipinski definition) is 4. The maximum absolute atomic E-state index is 12.7. The van der Waals surface area contributed by atoms with Crippen molar-refractivity contribution in [2.45, 2.75) is 30.2 Å². The highest BCUT2D eigenvalue weighted by molar-refractivity contribution is 7.89. The van der Waals surface area contributed by atoms with Crippen LogP contribution in [0.15, 0.2) is 53.9 Å². The minimum atomic E-state index is -3.63.